The molecule has 4 heteroatoms. The maximum Gasteiger partial charge on any atom is 0.181 e. The van der Waals surface area contributed by atoms with E-state index in [1.165, 1.54) is 10.8 Å². The molecule has 3 nitrogen and oxygen atoms in total. The van der Waals surface area contributed by atoms with Gasteiger partial charge in [0.05, 0.1) is 5.02 Å². The molecule has 1 aromatic heterocycles. The molecule has 1 N–H and O–H groups in total. The lowest BCUT2D eigenvalue weighted by Crippen LogP contribution is -1.83. The van der Waals surface area contributed by atoms with Crippen LogP contribution >= 0.6 is 11.6 Å². The summed E-state index contributed by atoms with van der Waals surface area (Å²) in [5, 5.41) is 10.3. The Morgan fingerprint density at radius 2 is 1.59 bits per heavy atom. The Morgan fingerprint density at radius 1 is 0.818 bits per heavy atom. The first kappa shape index (κ1) is 13.0. The average Bonchev–Trinajstić information content (AvgIpc) is 3.04. The summed E-state index contributed by atoms with van der Waals surface area (Å²) in [5.41, 5.74) is 1.83. The SMILES string of the molecule is Clc1ccccc1-c1nc(-c2ccc3ccccc3c2)n[nH]1. The van der Waals surface area contributed by atoms with E-state index in [0.29, 0.717) is 16.7 Å². The van der Waals surface area contributed by atoms with Crippen LogP contribution in [0, 0.1) is 0 Å². The highest BCUT2D eigenvalue weighted by molar-refractivity contribution is 6.33. The predicted octanol–water partition coefficient (Wildman–Crippen LogP) is 4.95. The molecule has 0 aliphatic rings. The van der Waals surface area contributed by atoms with Gasteiger partial charge in [0.1, 0.15) is 0 Å². The van der Waals surface area contributed by atoms with E-state index in [4.69, 9.17) is 11.6 Å². The van der Waals surface area contributed by atoms with Crippen LogP contribution < -0.4 is 0 Å². The molecule has 4 rings (SSSR count). The van der Waals surface area contributed by atoms with Gasteiger partial charge in [-0.05, 0) is 29.0 Å². The number of H-pyrrole nitrogens is 1. The van der Waals surface area contributed by atoms with Crippen molar-refractivity contribution in [2.75, 3.05) is 0 Å². The Balaban J connectivity index is 1.78. The van der Waals surface area contributed by atoms with Gasteiger partial charge < -0.3 is 0 Å². The third-order valence-corrected chi connectivity index (χ3v) is 3.95. The zero-order valence-electron chi connectivity index (χ0n) is 11.6. The van der Waals surface area contributed by atoms with E-state index < -0.39 is 0 Å². The topological polar surface area (TPSA) is 41.6 Å². The fraction of sp³-hybridized carbons (Fsp3) is 0. The summed E-state index contributed by atoms with van der Waals surface area (Å²) < 4.78 is 0. The van der Waals surface area contributed by atoms with E-state index in [2.05, 4.69) is 39.4 Å². The zero-order valence-corrected chi connectivity index (χ0v) is 12.4. The molecule has 106 valence electrons. The number of benzene rings is 3. The first-order chi connectivity index (χ1) is 10.8. The Bertz CT molecular complexity index is 959. The normalized spacial score (nSPS) is 11.0. The number of nitrogens with one attached hydrogen (secondary N) is 1. The van der Waals surface area contributed by atoms with Crippen LogP contribution in [0.4, 0.5) is 0 Å². The van der Waals surface area contributed by atoms with Crippen LogP contribution in [-0.2, 0) is 0 Å². The van der Waals surface area contributed by atoms with Crippen LogP contribution in [0.5, 0.6) is 0 Å². The van der Waals surface area contributed by atoms with Gasteiger partial charge in [0.25, 0.3) is 0 Å². The minimum Gasteiger partial charge on any atom is -0.259 e. The van der Waals surface area contributed by atoms with Crippen LogP contribution in [-0.4, -0.2) is 15.2 Å². The van der Waals surface area contributed by atoms with Crippen LogP contribution in [0.2, 0.25) is 5.02 Å². The third kappa shape index (κ3) is 2.26. The van der Waals surface area contributed by atoms with Crippen molar-refractivity contribution >= 4 is 22.4 Å². The molecule has 0 radical (unpaired) electrons. The number of nitrogens with zero attached hydrogens (tertiary/aromatic N) is 2. The quantitative estimate of drug-likeness (QED) is 0.569. The second-order valence-corrected chi connectivity index (χ2v) is 5.46. The summed E-state index contributed by atoms with van der Waals surface area (Å²) in [5.74, 6) is 1.34. The van der Waals surface area contributed by atoms with Crippen molar-refractivity contribution in [3.63, 3.8) is 0 Å². The van der Waals surface area contributed by atoms with Gasteiger partial charge in [-0.1, -0.05) is 60.1 Å². The van der Waals surface area contributed by atoms with Gasteiger partial charge >= 0.3 is 0 Å². The second kappa shape index (κ2) is 5.28. The van der Waals surface area contributed by atoms with Crippen LogP contribution in [0.1, 0.15) is 0 Å². The number of fused-ring (bicyclic) bond motifs is 1. The Labute approximate surface area is 132 Å². The fourth-order valence-corrected chi connectivity index (χ4v) is 2.72. The second-order valence-electron chi connectivity index (χ2n) is 5.05. The molecule has 0 unspecified atom stereocenters. The minimum atomic E-state index is 0.656. The third-order valence-electron chi connectivity index (χ3n) is 3.62. The molecule has 1 heterocycles. The van der Waals surface area contributed by atoms with Crippen molar-refractivity contribution in [3.8, 4) is 22.8 Å². The summed E-state index contributed by atoms with van der Waals surface area (Å²) in [6.07, 6.45) is 0. The first-order valence-electron chi connectivity index (χ1n) is 6.98. The highest BCUT2D eigenvalue weighted by Crippen LogP contribution is 2.27. The van der Waals surface area contributed by atoms with Crippen LogP contribution in [0.25, 0.3) is 33.5 Å². The molecule has 0 aliphatic heterocycles. The van der Waals surface area contributed by atoms with Gasteiger partial charge in [-0.15, -0.1) is 0 Å². The van der Waals surface area contributed by atoms with Crippen LogP contribution in [0.3, 0.4) is 0 Å². The van der Waals surface area contributed by atoms with Gasteiger partial charge in [-0.2, -0.15) is 5.10 Å². The largest absolute Gasteiger partial charge is 0.259 e. The maximum absolute atomic E-state index is 6.20. The van der Waals surface area contributed by atoms with Crippen molar-refractivity contribution in [3.05, 3.63) is 71.8 Å². The van der Waals surface area contributed by atoms with Crippen molar-refractivity contribution in [2.24, 2.45) is 0 Å². The number of aromatic amines is 1. The van der Waals surface area contributed by atoms with E-state index in [1.54, 1.807) is 0 Å². The number of hydrogen-bond donors (Lipinski definition) is 1. The van der Waals surface area contributed by atoms with E-state index in [9.17, 15) is 0 Å². The zero-order chi connectivity index (χ0) is 14.9. The molecule has 3 aromatic carbocycles. The summed E-state index contributed by atoms with van der Waals surface area (Å²) >= 11 is 6.20. The highest BCUT2D eigenvalue weighted by Gasteiger charge is 2.10. The van der Waals surface area contributed by atoms with Crippen LogP contribution in [0.15, 0.2) is 66.7 Å². The van der Waals surface area contributed by atoms with Crippen molar-refractivity contribution in [1.82, 2.24) is 15.2 Å². The number of hydrogen-bond acceptors (Lipinski definition) is 2. The number of aromatic nitrogens is 3. The van der Waals surface area contributed by atoms with Gasteiger partial charge in [0.2, 0.25) is 0 Å². The van der Waals surface area contributed by atoms with Crippen molar-refractivity contribution in [2.45, 2.75) is 0 Å². The molecule has 22 heavy (non-hydrogen) atoms. The van der Waals surface area contributed by atoms with E-state index >= 15 is 0 Å². The standard InChI is InChI=1S/C18H12ClN3/c19-16-8-4-3-7-15(16)18-20-17(21-22-18)14-10-9-12-5-1-2-6-13(12)11-14/h1-11H,(H,20,21,22). The van der Waals surface area contributed by atoms with Crippen molar-refractivity contribution in [1.29, 1.82) is 0 Å². The molecule has 0 amide bonds. The summed E-state index contributed by atoms with van der Waals surface area (Å²) in [6, 6.07) is 22.0. The van der Waals surface area contributed by atoms with Gasteiger partial charge in [0, 0.05) is 11.1 Å². The van der Waals surface area contributed by atoms with E-state index in [-0.39, 0.29) is 0 Å². The average molecular weight is 306 g/mol. The lowest BCUT2D eigenvalue weighted by Gasteiger charge is -2.00. The molecular formula is C18H12ClN3. The van der Waals surface area contributed by atoms with Gasteiger partial charge in [-0.25, -0.2) is 4.98 Å². The lowest BCUT2D eigenvalue weighted by atomic mass is 10.1. The van der Waals surface area contributed by atoms with Gasteiger partial charge in [0.15, 0.2) is 11.6 Å². The molecule has 0 fully saturated rings. The Morgan fingerprint density at radius 3 is 2.45 bits per heavy atom. The lowest BCUT2D eigenvalue weighted by molar-refractivity contribution is 1.10. The fourth-order valence-electron chi connectivity index (χ4n) is 2.49. The summed E-state index contributed by atoms with van der Waals surface area (Å²) in [6.45, 7) is 0. The number of halogens is 1. The monoisotopic (exact) mass is 305 g/mol. The van der Waals surface area contributed by atoms with Gasteiger partial charge in [-0.3, -0.25) is 5.10 Å². The predicted molar refractivity (Wildman–Crippen MR) is 89.8 cm³/mol. The van der Waals surface area contributed by atoms with E-state index in [1.807, 2.05) is 42.5 Å². The highest BCUT2D eigenvalue weighted by atomic mass is 35.5. The molecule has 0 saturated carbocycles. The molecule has 0 atom stereocenters. The molecule has 0 bridgehead atoms. The first-order valence-corrected chi connectivity index (χ1v) is 7.35. The Kier molecular flexibility index (Phi) is 3.13. The minimum absolute atomic E-state index is 0.656. The summed E-state index contributed by atoms with van der Waals surface area (Å²) in [7, 11) is 0. The van der Waals surface area contributed by atoms with E-state index in [0.717, 1.165) is 11.1 Å². The van der Waals surface area contributed by atoms with Crippen molar-refractivity contribution < 1.29 is 0 Å². The molecule has 4 aromatic rings. The molecule has 0 spiro atoms. The number of rotatable bonds is 2. The Hall–Kier alpha value is -2.65. The summed E-state index contributed by atoms with van der Waals surface area (Å²) in [4.78, 5) is 4.57. The smallest absolute Gasteiger partial charge is 0.181 e. The molecular weight excluding hydrogens is 294 g/mol. The molecule has 0 aliphatic carbocycles. The molecule has 0 saturated heterocycles. The maximum atomic E-state index is 6.20.